The van der Waals surface area contributed by atoms with E-state index in [0.717, 1.165) is 39.5 Å². The van der Waals surface area contributed by atoms with Crippen LogP contribution in [0.15, 0.2) is 54.7 Å². The van der Waals surface area contributed by atoms with Crippen LogP contribution in [0.2, 0.25) is 5.02 Å². The molecule has 1 amide bonds. The van der Waals surface area contributed by atoms with Gasteiger partial charge in [0.15, 0.2) is 5.65 Å². The number of hydrogen-bond acceptors (Lipinski definition) is 4. The fraction of sp³-hybridized carbons (Fsp3) is 0.250. The number of aryl methyl sites for hydroxylation is 2. The van der Waals surface area contributed by atoms with Crippen LogP contribution in [-0.2, 0) is 17.9 Å². The molecule has 0 saturated carbocycles. The van der Waals surface area contributed by atoms with Gasteiger partial charge in [0.05, 0.1) is 16.7 Å². The van der Waals surface area contributed by atoms with Gasteiger partial charge in [0.1, 0.15) is 11.5 Å². The van der Waals surface area contributed by atoms with Gasteiger partial charge >= 0.3 is 0 Å². The summed E-state index contributed by atoms with van der Waals surface area (Å²) >= 11 is 6.25. The number of carbonyl (C=O) groups is 1. The highest BCUT2D eigenvalue weighted by molar-refractivity contribution is 6.30. The molecule has 0 saturated heterocycles. The lowest BCUT2D eigenvalue weighted by molar-refractivity contribution is -0.128. The minimum atomic E-state index is 0.0765. The summed E-state index contributed by atoms with van der Waals surface area (Å²) in [6.07, 6.45) is 2.32. The molecule has 0 unspecified atom stereocenters. The summed E-state index contributed by atoms with van der Waals surface area (Å²) in [6, 6.07) is 16.0. The maximum absolute atomic E-state index is 12.0. The third-order valence-electron chi connectivity index (χ3n) is 5.78. The standard InChI is InChI=1S/C24H24ClN7O/c1-16-26-27-23-8-7-20-22(32(16)23)14-21(31(20)15-17-5-4-6-18(25)13-17)19-9-11-30(28-19)12-10-24(33)29(2)3/h4-9,11,13-14H,10,12,15H2,1-3H3. The van der Waals surface area contributed by atoms with Gasteiger partial charge < -0.3 is 9.47 Å². The molecular weight excluding hydrogens is 438 g/mol. The van der Waals surface area contributed by atoms with Crippen LogP contribution in [-0.4, -0.2) is 53.8 Å². The van der Waals surface area contributed by atoms with Crippen LogP contribution in [0.1, 0.15) is 17.8 Å². The highest BCUT2D eigenvalue weighted by atomic mass is 35.5. The van der Waals surface area contributed by atoms with E-state index in [1.807, 2.05) is 48.1 Å². The Morgan fingerprint density at radius 1 is 1.06 bits per heavy atom. The molecule has 0 spiro atoms. The van der Waals surface area contributed by atoms with E-state index in [0.29, 0.717) is 24.5 Å². The summed E-state index contributed by atoms with van der Waals surface area (Å²) in [4.78, 5) is 13.6. The van der Waals surface area contributed by atoms with Crippen LogP contribution in [0.25, 0.3) is 28.1 Å². The number of rotatable bonds is 6. The van der Waals surface area contributed by atoms with Crippen LogP contribution in [0.5, 0.6) is 0 Å². The molecule has 0 atom stereocenters. The van der Waals surface area contributed by atoms with Crippen molar-refractivity contribution >= 4 is 34.2 Å². The fourth-order valence-electron chi connectivity index (χ4n) is 4.10. The first-order valence-corrected chi connectivity index (χ1v) is 11.1. The number of halogens is 1. The van der Waals surface area contributed by atoms with Gasteiger partial charge in [-0.25, -0.2) is 0 Å². The molecule has 1 aromatic carbocycles. The number of carbonyl (C=O) groups excluding carboxylic acids is 1. The summed E-state index contributed by atoms with van der Waals surface area (Å²) in [6.45, 7) is 3.11. The van der Waals surface area contributed by atoms with Crippen molar-refractivity contribution in [2.24, 2.45) is 0 Å². The van der Waals surface area contributed by atoms with Crippen molar-refractivity contribution in [2.45, 2.75) is 26.4 Å². The Morgan fingerprint density at radius 3 is 2.70 bits per heavy atom. The minimum Gasteiger partial charge on any atom is -0.349 e. The molecule has 0 fully saturated rings. The first kappa shape index (κ1) is 21.2. The molecule has 4 heterocycles. The lowest BCUT2D eigenvalue weighted by Crippen LogP contribution is -2.22. The average molecular weight is 462 g/mol. The number of amides is 1. The molecule has 0 aliphatic rings. The summed E-state index contributed by atoms with van der Waals surface area (Å²) in [5.41, 5.74) is 5.78. The largest absolute Gasteiger partial charge is 0.349 e. The molecule has 33 heavy (non-hydrogen) atoms. The number of fused-ring (bicyclic) bond motifs is 3. The molecule has 0 bridgehead atoms. The van der Waals surface area contributed by atoms with Gasteiger partial charge in [0.25, 0.3) is 0 Å². The summed E-state index contributed by atoms with van der Waals surface area (Å²) < 4.78 is 6.11. The van der Waals surface area contributed by atoms with Crippen molar-refractivity contribution in [3.8, 4) is 11.4 Å². The van der Waals surface area contributed by atoms with Crippen LogP contribution in [0, 0.1) is 6.92 Å². The Kier molecular flexibility index (Phi) is 5.38. The number of hydrogen-bond donors (Lipinski definition) is 0. The molecule has 0 aliphatic carbocycles. The first-order valence-electron chi connectivity index (χ1n) is 10.7. The van der Waals surface area contributed by atoms with Crippen molar-refractivity contribution in [1.82, 2.24) is 33.8 Å². The Labute approximate surface area is 196 Å². The van der Waals surface area contributed by atoms with E-state index in [1.165, 1.54) is 0 Å². The molecule has 8 nitrogen and oxygen atoms in total. The summed E-state index contributed by atoms with van der Waals surface area (Å²) in [7, 11) is 3.53. The molecular formula is C24H24ClN7O. The molecule has 4 aromatic heterocycles. The van der Waals surface area contributed by atoms with Crippen molar-refractivity contribution in [3.05, 3.63) is 71.1 Å². The second-order valence-electron chi connectivity index (χ2n) is 8.29. The minimum absolute atomic E-state index is 0.0765. The maximum Gasteiger partial charge on any atom is 0.223 e. The van der Waals surface area contributed by atoms with Crippen molar-refractivity contribution in [1.29, 1.82) is 0 Å². The third-order valence-corrected chi connectivity index (χ3v) is 6.02. The second kappa shape index (κ2) is 8.37. The van der Waals surface area contributed by atoms with E-state index in [9.17, 15) is 4.79 Å². The predicted molar refractivity (Wildman–Crippen MR) is 128 cm³/mol. The highest BCUT2D eigenvalue weighted by Crippen LogP contribution is 2.30. The lowest BCUT2D eigenvalue weighted by atomic mass is 10.2. The van der Waals surface area contributed by atoms with Gasteiger partial charge in [-0.15, -0.1) is 10.2 Å². The Hall–Kier alpha value is -3.65. The van der Waals surface area contributed by atoms with Crippen LogP contribution in [0.3, 0.4) is 0 Å². The Balaban J connectivity index is 1.61. The van der Waals surface area contributed by atoms with Crippen LogP contribution >= 0.6 is 11.6 Å². The molecule has 0 radical (unpaired) electrons. The molecule has 5 aromatic rings. The van der Waals surface area contributed by atoms with Gasteiger partial charge in [-0.1, -0.05) is 23.7 Å². The third kappa shape index (κ3) is 3.98. The van der Waals surface area contributed by atoms with Gasteiger partial charge in [-0.2, -0.15) is 5.10 Å². The Bertz CT molecular complexity index is 1480. The predicted octanol–water partition coefficient (Wildman–Crippen LogP) is 4.04. The molecule has 0 N–H and O–H groups in total. The topological polar surface area (TPSA) is 73.2 Å². The van der Waals surface area contributed by atoms with E-state index in [-0.39, 0.29) is 5.91 Å². The number of pyridine rings is 1. The zero-order chi connectivity index (χ0) is 23.1. The van der Waals surface area contributed by atoms with Crippen LogP contribution < -0.4 is 0 Å². The van der Waals surface area contributed by atoms with Crippen molar-refractivity contribution in [2.75, 3.05) is 14.1 Å². The summed E-state index contributed by atoms with van der Waals surface area (Å²) in [5, 5.41) is 14.0. The zero-order valence-electron chi connectivity index (χ0n) is 18.7. The van der Waals surface area contributed by atoms with E-state index in [1.54, 1.807) is 19.0 Å². The highest BCUT2D eigenvalue weighted by Gasteiger charge is 2.17. The maximum atomic E-state index is 12.0. The van der Waals surface area contributed by atoms with Gasteiger partial charge in [-0.05, 0) is 48.9 Å². The monoisotopic (exact) mass is 461 g/mol. The lowest BCUT2D eigenvalue weighted by Gasteiger charge is -2.11. The first-order chi connectivity index (χ1) is 15.9. The Morgan fingerprint density at radius 2 is 1.91 bits per heavy atom. The normalized spacial score (nSPS) is 11.5. The number of nitrogens with zero attached hydrogens (tertiary/aromatic N) is 7. The van der Waals surface area contributed by atoms with Crippen molar-refractivity contribution in [3.63, 3.8) is 0 Å². The molecule has 9 heteroatoms. The van der Waals surface area contributed by atoms with Gasteiger partial charge in [0, 0.05) is 44.8 Å². The summed E-state index contributed by atoms with van der Waals surface area (Å²) in [5.74, 6) is 0.905. The van der Waals surface area contributed by atoms with E-state index >= 15 is 0 Å². The number of benzene rings is 1. The van der Waals surface area contributed by atoms with Crippen LogP contribution in [0.4, 0.5) is 0 Å². The number of aromatic nitrogens is 6. The van der Waals surface area contributed by atoms with E-state index in [2.05, 4.69) is 37.4 Å². The molecule has 5 rings (SSSR count). The fourth-order valence-corrected chi connectivity index (χ4v) is 4.31. The smallest absolute Gasteiger partial charge is 0.223 e. The molecule has 0 aliphatic heterocycles. The SMILES string of the molecule is Cc1nnc2ccc3c(cc(-c4ccn(CCC(=O)N(C)C)n4)n3Cc3cccc(Cl)c3)n12. The second-order valence-corrected chi connectivity index (χ2v) is 8.73. The van der Waals surface area contributed by atoms with Gasteiger partial charge in [0.2, 0.25) is 5.91 Å². The van der Waals surface area contributed by atoms with Gasteiger partial charge in [-0.3, -0.25) is 13.9 Å². The molecule has 168 valence electrons. The zero-order valence-corrected chi connectivity index (χ0v) is 19.5. The van der Waals surface area contributed by atoms with Crippen molar-refractivity contribution < 1.29 is 4.79 Å². The van der Waals surface area contributed by atoms with E-state index in [4.69, 9.17) is 16.7 Å². The quantitative estimate of drug-likeness (QED) is 0.382. The van der Waals surface area contributed by atoms with E-state index < -0.39 is 0 Å². The average Bonchev–Trinajstić information content (AvgIpc) is 3.49.